The van der Waals surface area contributed by atoms with Gasteiger partial charge in [-0.15, -0.1) is 0 Å². The molecule has 0 aromatic heterocycles. The number of piperidine rings is 1. The Kier molecular flexibility index (Phi) is 4.03. The Morgan fingerprint density at radius 1 is 1.24 bits per heavy atom. The molecule has 1 aromatic rings. The molecule has 1 saturated heterocycles. The maximum absolute atomic E-state index is 10.1. The summed E-state index contributed by atoms with van der Waals surface area (Å²) in [6.45, 7) is 1.71. The van der Waals surface area contributed by atoms with Gasteiger partial charge >= 0.3 is 0 Å². The Balaban J connectivity index is 1.82. The smallest absolute Gasteiger partial charge is 0.149 e. The number of hydrogen-bond acceptors (Lipinski definition) is 2. The van der Waals surface area contributed by atoms with Gasteiger partial charge in [-0.2, -0.15) is 0 Å². The minimum Gasteiger partial charge on any atom is -0.481 e. The highest BCUT2D eigenvalue weighted by Gasteiger charge is 2.26. The standard InChI is InChI=1S/C14H16NO2/c16-14(8-10-15-11-9-14)7-4-12-17-13-5-2-1-3-6-13/h1-3,5-6,16H,8-12H2. The first kappa shape index (κ1) is 12.0. The van der Waals surface area contributed by atoms with Crippen LogP contribution in [0.2, 0.25) is 0 Å². The lowest BCUT2D eigenvalue weighted by Gasteiger charge is -2.26. The third-order valence-corrected chi connectivity index (χ3v) is 2.74. The molecule has 1 aliphatic heterocycles. The van der Waals surface area contributed by atoms with E-state index in [1.165, 1.54) is 0 Å². The molecule has 1 heterocycles. The summed E-state index contributed by atoms with van der Waals surface area (Å²) in [5.41, 5.74) is -0.859. The van der Waals surface area contributed by atoms with Crippen molar-refractivity contribution in [3.63, 3.8) is 0 Å². The molecule has 3 heteroatoms. The van der Waals surface area contributed by atoms with Crippen molar-refractivity contribution in [1.82, 2.24) is 5.32 Å². The average molecular weight is 230 g/mol. The van der Waals surface area contributed by atoms with Gasteiger partial charge in [-0.1, -0.05) is 30.0 Å². The van der Waals surface area contributed by atoms with Crippen LogP contribution in [-0.4, -0.2) is 30.4 Å². The highest BCUT2D eigenvalue weighted by Crippen LogP contribution is 2.17. The van der Waals surface area contributed by atoms with Crippen molar-refractivity contribution < 1.29 is 9.84 Å². The number of rotatable bonds is 2. The van der Waals surface area contributed by atoms with Crippen LogP contribution in [0.1, 0.15) is 12.8 Å². The molecule has 0 unspecified atom stereocenters. The Morgan fingerprint density at radius 2 is 1.94 bits per heavy atom. The number of para-hydroxylation sites is 1. The van der Waals surface area contributed by atoms with E-state index in [1.807, 2.05) is 30.3 Å². The molecule has 1 N–H and O–H groups in total. The minimum absolute atomic E-state index is 0.309. The molecule has 0 amide bonds. The van der Waals surface area contributed by atoms with E-state index in [2.05, 4.69) is 17.2 Å². The molecule has 1 fully saturated rings. The zero-order valence-electron chi connectivity index (χ0n) is 9.72. The predicted octanol–water partition coefficient (Wildman–Crippen LogP) is 1.20. The van der Waals surface area contributed by atoms with Crippen LogP contribution < -0.4 is 10.1 Å². The summed E-state index contributed by atoms with van der Waals surface area (Å²) in [5, 5.41) is 14.3. The van der Waals surface area contributed by atoms with E-state index in [0.29, 0.717) is 32.5 Å². The molecule has 1 radical (unpaired) electrons. The van der Waals surface area contributed by atoms with Gasteiger partial charge in [-0.25, -0.2) is 5.32 Å². The van der Waals surface area contributed by atoms with Gasteiger partial charge in [-0.3, -0.25) is 0 Å². The minimum atomic E-state index is -0.859. The van der Waals surface area contributed by atoms with E-state index < -0.39 is 5.60 Å². The largest absolute Gasteiger partial charge is 0.481 e. The first-order valence-corrected chi connectivity index (χ1v) is 5.82. The Morgan fingerprint density at radius 3 is 2.65 bits per heavy atom. The highest BCUT2D eigenvalue weighted by molar-refractivity contribution is 5.22. The van der Waals surface area contributed by atoms with Crippen LogP contribution in [-0.2, 0) is 0 Å². The van der Waals surface area contributed by atoms with E-state index in [0.717, 1.165) is 5.75 Å². The summed E-state index contributed by atoms with van der Waals surface area (Å²) in [5.74, 6) is 6.57. The molecule has 0 bridgehead atoms. The van der Waals surface area contributed by atoms with Gasteiger partial charge in [0.2, 0.25) is 0 Å². The van der Waals surface area contributed by atoms with Gasteiger partial charge < -0.3 is 9.84 Å². The second-order valence-corrected chi connectivity index (χ2v) is 4.11. The van der Waals surface area contributed by atoms with E-state index in [-0.39, 0.29) is 0 Å². The Labute approximate surface area is 102 Å². The van der Waals surface area contributed by atoms with E-state index in [1.54, 1.807) is 0 Å². The highest BCUT2D eigenvalue weighted by atomic mass is 16.5. The molecule has 0 aliphatic carbocycles. The topological polar surface area (TPSA) is 43.6 Å². The number of nitrogens with zero attached hydrogens (tertiary/aromatic N) is 1. The van der Waals surface area contributed by atoms with Crippen molar-refractivity contribution in [3.8, 4) is 17.6 Å². The van der Waals surface area contributed by atoms with Gasteiger partial charge in [0.1, 0.15) is 18.0 Å². The molecule has 3 nitrogen and oxygen atoms in total. The molecule has 0 atom stereocenters. The van der Waals surface area contributed by atoms with Crippen molar-refractivity contribution >= 4 is 0 Å². The lowest BCUT2D eigenvalue weighted by molar-refractivity contribution is 0.0668. The van der Waals surface area contributed by atoms with E-state index >= 15 is 0 Å². The quantitative estimate of drug-likeness (QED) is 0.776. The zero-order chi connectivity index (χ0) is 12.0. The molecular formula is C14H16NO2. The lowest BCUT2D eigenvalue weighted by Crippen LogP contribution is -2.37. The van der Waals surface area contributed by atoms with E-state index in [9.17, 15) is 5.11 Å². The number of hydrogen-bond donors (Lipinski definition) is 1. The van der Waals surface area contributed by atoms with Crippen LogP contribution in [0.3, 0.4) is 0 Å². The van der Waals surface area contributed by atoms with Crippen molar-refractivity contribution in [2.45, 2.75) is 18.4 Å². The molecule has 17 heavy (non-hydrogen) atoms. The normalized spacial score (nSPS) is 17.9. The zero-order valence-corrected chi connectivity index (χ0v) is 9.72. The van der Waals surface area contributed by atoms with Gasteiger partial charge in [0.25, 0.3) is 0 Å². The fourth-order valence-electron chi connectivity index (χ4n) is 1.73. The van der Waals surface area contributed by atoms with Crippen molar-refractivity contribution in [2.24, 2.45) is 0 Å². The van der Waals surface area contributed by atoms with Gasteiger partial charge in [0.05, 0.1) is 0 Å². The van der Waals surface area contributed by atoms with Crippen LogP contribution in [0.5, 0.6) is 5.75 Å². The maximum atomic E-state index is 10.1. The summed E-state index contributed by atoms with van der Waals surface area (Å²) in [4.78, 5) is 0. The molecular weight excluding hydrogens is 214 g/mol. The van der Waals surface area contributed by atoms with Gasteiger partial charge in [-0.05, 0) is 12.1 Å². The monoisotopic (exact) mass is 230 g/mol. The predicted molar refractivity (Wildman–Crippen MR) is 65.8 cm³/mol. The average Bonchev–Trinajstić information content (AvgIpc) is 2.37. The Bertz CT molecular complexity index is 399. The van der Waals surface area contributed by atoms with Crippen molar-refractivity contribution in [2.75, 3.05) is 19.7 Å². The summed E-state index contributed by atoms with van der Waals surface area (Å²) < 4.78 is 5.43. The number of aliphatic hydroxyl groups is 1. The Hall–Kier alpha value is -1.50. The molecule has 1 aromatic carbocycles. The third kappa shape index (κ3) is 3.77. The first-order valence-electron chi connectivity index (χ1n) is 5.82. The molecule has 89 valence electrons. The first-order chi connectivity index (χ1) is 8.29. The van der Waals surface area contributed by atoms with Gasteiger partial charge in [0, 0.05) is 25.9 Å². The summed E-state index contributed by atoms with van der Waals surface area (Å²) in [6, 6.07) is 9.54. The molecule has 1 aliphatic rings. The maximum Gasteiger partial charge on any atom is 0.149 e. The second-order valence-electron chi connectivity index (χ2n) is 4.11. The second kappa shape index (κ2) is 5.72. The number of ether oxygens (including phenoxy) is 1. The fraction of sp³-hybridized carbons (Fsp3) is 0.429. The summed E-state index contributed by atoms with van der Waals surface area (Å²) in [7, 11) is 0. The van der Waals surface area contributed by atoms with E-state index in [4.69, 9.17) is 4.74 Å². The summed E-state index contributed by atoms with van der Waals surface area (Å²) >= 11 is 0. The van der Waals surface area contributed by atoms with Crippen LogP contribution in [0.15, 0.2) is 30.3 Å². The van der Waals surface area contributed by atoms with Crippen molar-refractivity contribution in [1.29, 1.82) is 0 Å². The molecule has 0 saturated carbocycles. The van der Waals surface area contributed by atoms with Crippen LogP contribution in [0.25, 0.3) is 0 Å². The third-order valence-electron chi connectivity index (χ3n) is 2.74. The van der Waals surface area contributed by atoms with Gasteiger partial charge in [0.15, 0.2) is 0 Å². The fourth-order valence-corrected chi connectivity index (χ4v) is 1.73. The molecule has 0 spiro atoms. The van der Waals surface area contributed by atoms with Crippen LogP contribution in [0.4, 0.5) is 0 Å². The lowest BCUT2D eigenvalue weighted by atomic mass is 9.93. The number of benzene rings is 1. The van der Waals surface area contributed by atoms with Crippen LogP contribution in [0, 0.1) is 11.8 Å². The van der Waals surface area contributed by atoms with Crippen LogP contribution >= 0.6 is 0 Å². The SMILES string of the molecule is OC1(C#CCOc2ccccc2)CC[N]CC1. The summed E-state index contributed by atoms with van der Waals surface area (Å²) in [6.07, 6.45) is 1.26. The van der Waals surface area contributed by atoms with Crippen molar-refractivity contribution in [3.05, 3.63) is 30.3 Å². The molecule has 2 rings (SSSR count).